The SMILES string of the molecule is CCc1cccn(CC2CC23CCOC3)c1=O. The van der Waals surface area contributed by atoms with E-state index >= 15 is 0 Å². The monoisotopic (exact) mass is 233 g/mol. The zero-order valence-corrected chi connectivity index (χ0v) is 10.3. The number of hydrogen-bond donors (Lipinski definition) is 0. The maximum atomic E-state index is 12.1. The van der Waals surface area contributed by atoms with Gasteiger partial charge < -0.3 is 9.30 Å². The van der Waals surface area contributed by atoms with Crippen molar-refractivity contribution in [3.63, 3.8) is 0 Å². The molecule has 0 bridgehead atoms. The van der Waals surface area contributed by atoms with Crippen LogP contribution < -0.4 is 5.56 Å². The summed E-state index contributed by atoms with van der Waals surface area (Å²) in [6.07, 6.45) is 5.15. The van der Waals surface area contributed by atoms with Crippen LogP contribution in [0.15, 0.2) is 23.1 Å². The molecule has 0 N–H and O–H groups in total. The van der Waals surface area contributed by atoms with Gasteiger partial charge in [0, 0.05) is 30.3 Å². The maximum Gasteiger partial charge on any atom is 0.253 e. The van der Waals surface area contributed by atoms with Gasteiger partial charge in [0.25, 0.3) is 5.56 Å². The third kappa shape index (κ3) is 1.82. The molecule has 2 heterocycles. The summed E-state index contributed by atoms with van der Waals surface area (Å²) < 4.78 is 7.36. The summed E-state index contributed by atoms with van der Waals surface area (Å²) in [6, 6.07) is 3.92. The molecule has 3 nitrogen and oxygen atoms in total. The van der Waals surface area contributed by atoms with E-state index in [4.69, 9.17) is 4.74 Å². The Bertz CT molecular complexity index is 471. The predicted molar refractivity (Wildman–Crippen MR) is 66.1 cm³/mol. The van der Waals surface area contributed by atoms with Crippen LogP contribution in [0.2, 0.25) is 0 Å². The standard InChI is InChI=1S/C14H19NO2/c1-2-11-4-3-6-15(13(11)16)9-12-8-14(12)5-7-17-10-14/h3-4,6,12H,2,5,7-10H2,1H3. The van der Waals surface area contributed by atoms with Crippen LogP contribution in [0.3, 0.4) is 0 Å². The minimum Gasteiger partial charge on any atom is -0.381 e. The smallest absolute Gasteiger partial charge is 0.253 e. The molecule has 1 saturated carbocycles. The lowest BCUT2D eigenvalue weighted by atomic mass is 10.0. The van der Waals surface area contributed by atoms with E-state index in [9.17, 15) is 4.79 Å². The number of aryl methyl sites for hydroxylation is 1. The van der Waals surface area contributed by atoms with E-state index in [1.807, 2.05) is 29.8 Å². The molecule has 17 heavy (non-hydrogen) atoms. The summed E-state index contributed by atoms with van der Waals surface area (Å²) in [4.78, 5) is 12.1. The van der Waals surface area contributed by atoms with Crippen LogP contribution in [0.25, 0.3) is 0 Å². The average Bonchev–Trinajstić information content (AvgIpc) is 2.77. The van der Waals surface area contributed by atoms with Gasteiger partial charge in [0.05, 0.1) is 6.61 Å². The highest BCUT2D eigenvalue weighted by Crippen LogP contribution is 2.58. The van der Waals surface area contributed by atoms with E-state index in [2.05, 4.69) is 0 Å². The van der Waals surface area contributed by atoms with Crippen molar-refractivity contribution in [1.82, 2.24) is 4.57 Å². The van der Waals surface area contributed by atoms with Gasteiger partial charge >= 0.3 is 0 Å². The fourth-order valence-corrected chi connectivity index (χ4v) is 3.03. The fraction of sp³-hybridized carbons (Fsp3) is 0.643. The number of rotatable bonds is 3. The van der Waals surface area contributed by atoms with Crippen LogP contribution in [0.4, 0.5) is 0 Å². The second-order valence-electron chi connectivity index (χ2n) is 5.41. The number of ether oxygens (including phenoxy) is 1. The lowest BCUT2D eigenvalue weighted by molar-refractivity contribution is 0.178. The third-order valence-corrected chi connectivity index (χ3v) is 4.39. The molecule has 0 radical (unpaired) electrons. The average molecular weight is 233 g/mol. The molecule has 0 aromatic carbocycles. The Morgan fingerprint density at radius 1 is 1.59 bits per heavy atom. The molecule has 1 aromatic rings. The Morgan fingerprint density at radius 2 is 2.47 bits per heavy atom. The third-order valence-electron chi connectivity index (χ3n) is 4.39. The van der Waals surface area contributed by atoms with Crippen molar-refractivity contribution in [2.45, 2.75) is 32.7 Å². The summed E-state index contributed by atoms with van der Waals surface area (Å²) >= 11 is 0. The van der Waals surface area contributed by atoms with Crippen LogP contribution in [-0.4, -0.2) is 17.8 Å². The molecule has 92 valence electrons. The number of hydrogen-bond acceptors (Lipinski definition) is 2. The van der Waals surface area contributed by atoms with Crippen molar-refractivity contribution in [2.24, 2.45) is 11.3 Å². The van der Waals surface area contributed by atoms with Gasteiger partial charge in [-0.05, 0) is 31.2 Å². The molecule has 2 fully saturated rings. The van der Waals surface area contributed by atoms with Gasteiger partial charge in [0.1, 0.15) is 0 Å². The van der Waals surface area contributed by atoms with Crippen molar-refractivity contribution in [1.29, 1.82) is 0 Å². The van der Waals surface area contributed by atoms with Gasteiger partial charge in [-0.1, -0.05) is 13.0 Å². The zero-order valence-electron chi connectivity index (χ0n) is 10.3. The molecule has 3 heteroatoms. The van der Waals surface area contributed by atoms with Crippen molar-refractivity contribution >= 4 is 0 Å². The Hall–Kier alpha value is -1.09. The molecular formula is C14H19NO2. The normalized spacial score (nSPS) is 31.0. The number of pyridine rings is 1. The molecule has 1 aromatic heterocycles. The largest absolute Gasteiger partial charge is 0.381 e. The van der Waals surface area contributed by atoms with Crippen LogP contribution in [0, 0.1) is 11.3 Å². The summed E-state index contributed by atoms with van der Waals surface area (Å²) in [5.41, 5.74) is 1.53. The van der Waals surface area contributed by atoms with Crippen molar-refractivity contribution in [3.8, 4) is 0 Å². The van der Waals surface area contributed by atoms with Gasteiger partial charge in [-0.15, -0.1) is 0 Å². The van der Waals surface area contributed by atoms with E-state index in [0.717, 1.165) is 31.7 Å². The highest BCUT2D eigenvalue weighted by Gasteiger charge is 2.55. The van der Waals surface area contributed by atoms with E-state index in [1.54, 1.807) is 0 Å². The van der Waals surface area contributed by atoms with Gasteiger partial charge in [-0.3, -0.25) is 4.79 Å². The predicted octanol–water partition coefficient (Wildman–Crippen LogP) is 1.84. The summed E-state index contributed by atoms with van der Waals surface area (Å²) in [5, 5.41) is 0. The Morgan fingerprint density at radius 3 is 3.18 bits per heavy atom. The maximum absolute atomic E-state index is 12.1. The second kappa shape index (κ2) is 3.98. The molecule has 1 saturated heterocycles. The van der Waals surface area contributed by atoms with Crippen molar-refractivity contribution < 1.29 is 4.74 Å². The zero-order chi connectivity index (χ0) is 11.9. The lowest BCUT2D eigenvalue weighted by Crippen LogP contribution is -2.24. The van der Waals surface area contributed by atoms with E-state index in [0.29, 0.717) is 11.3 Å². The van der Waals surface area contributed by atoms with Gasteiger partial charge in [-0.2, -0.15) is 0 Å². The summed E-state index contributed by atoms with van der Waals surface area (Å²) in [7, 11) is 0. The molecule has 0 amide bonds. The highest BCUT2D eigenvalue weighted by atomic mass is 16.5. The van der Waals surface area contributed by atoms with Crippen molar-refractivity contribution in [2.75, 3.05) is 13.2 Å². The lowest BCUT2D eigenvalue weighted by Gasteiger charge is -2.09. The van der Waals surface area contributed by atoms with E-state index in [1.165, 1.54) is 12.8 Å². The molecule has 2 atom stereocenters. The first kappa shape index (κ1) is 11.0. The summed E-state index contributed by atoms with van der Waals surface area (Å²) in [6.45, 7) is 4.71. The van der Waals surface area contributed by atoms with Gasteiger partial charge in [-0.25, -0.2) is 0 Å². The van der Waals surface area contributed by atoms with Crippen LogP contribution in [0.5, 0.6) is 0 Å². The van der Waals surface area contributed by atoms with Gasteiger partial charge in [0.2, 0.25) is 0 Å². The molecule has 2 unspecified atom stereocenters. The highest BCUT2D eigenvalue weighted by molar-refractivity contribution is 5.11. The fourth-order valence-electron chi connectivity index (χ4n) is 3.03. The molecular weight excluding hydrogens is 214 g/mol. The van der Waals surface area contributed by atoms with Crippen molar-refractivity contribution in [3.05, 3.63) is 34.2 Å². The molecule has 2 aliphatic rings. The molecule has 1 aliphatic carbocycles. The van der Waals surface area contributed by atoms with E-state index in [-0.39, 0.29) is 5.56 Å². The van der Waals surface area contributed by atoms with E-state index < -0.39 is 0 Å². The second-order valence-corrected chi connectivity index (χ2v) is 5.41. The van der Waals surface area contributed by atoms with Crippen LogP contribution >= 0.6 is 0 Å². The minimum absolute atomic E-state index is 0.191. The minimum atomic E-state index is 0.191. The first-order valence-corrected chi connectivity index (χ1v) is 6.51. The van der Waals surface area contributed by atoms with Crippen LogP contribution in [-0.2, 0) is 17.7 Å². The Kier molecular flexibility index (Phi) is 2.58. The molecule has 3 rings (SSSR count). The van der Waals surface area contributed by atoms with Crippen LogP contribution in [0.1, 0.15) is 25.3 Å². The topological polar surface area (TPSA) is 31.2 Å². The Labute approximate surface area is 101 Å². The first-order valence-electron chi connectivity index (χ1n) is 6.51. The molecule has 1 aliphatic heterocycles. The Balaban J connectivity index is 1.76. The first-order chi connectivity index (χ1) is 8.25. The number of nitrogens with zero attached hydrogens (tertiary/aromatic N) is 1. The van der Waals surface area contributed by atoms with Gasteiger partial charge in [0.15, 0.2) is 0 Å². The summed E-state index contributed by atoms with van der Waals surface area (Å²) in [5.74, 6) is 0.648. The molecule has 1 spiro atoms. The number of aromatic nitrogens is 1. The quantitative estimate of drug-likeness (QED) is 0.797.